The molecule has 1 rings (SSSR count). The van der Waals surface area contributed by atoms with Crippen LogP contribution in [0.5, 0.6) is 0 Å². The van der Waals surface area contributed by atoms with Crippen LogP contribution in [0.25, 0.3) is 0 Å². The van der Waals surface area contributed by atoms with Gasteiger partial charge in [0.05, 0.1) is 11.6 Å². The number of nitrogens with zero attached hydrogens (tertiary/aromatic N) is 1. The summed E-state index contributed by atoms with van der Waals surface area (Å²) in [6.45, 7) is 7.72. The fraction of sp³-hybridized carbons (Fsp3) is 0.308. The Morgan fingerprint density at radius 2 is 1.73 bits per heavy atom. The van der Waals surface area contributed by atoms with Gasteiger partial charge in [-0.05, 0) is 17.0 Å². The second-order valence-corrected chi connectivity index (χ2v) is 3.86. The summed E-state index contributed by atoms with van der Waals surface area (Å²) in [6, 6.07) is 9.46. The molecule has 0 spiro atoms. The van der Waals surface area contributed by atoms with E-state index in [9.17, 15) is 5.11 Å². The van der Waals surface area contributed by atoms with Crippen molar-refractivity contribution in [3.63, 3.8) is 0 Å². The van der Waals surface area contributed by atoms with Gasteiger partial charge < -0.3 is 5.11 Å². The average Bonchev–Trinajstić information content (AvgIpc) is 2.27. The monoisotopic (exact) mass is 201 g/mol. The van der Waals surface area contributed by atoms with Crippen LogP contribution in [0.3, 0.4) is 0 Å². The van der Waals surface area contributed by atoms with Crippen molar-refractivity contribution in [1.29, 1.82) is 5.26 Å². The van der Waals surface area contributed by atoms with E-state index in [2.05, 4.69) is 20.4 Å². The lowest BCUT2D eigenvalue weighted by Gasteiger charge is -2.10. The molecule has 15 heavy (non-hydrogen) atoms. The molecule has 1 N–H and O–H groups in total. The van der Waals surface area contributed by atoms with Crippen LogP contribution in [0.15, 0.2) is 36.4 Å². The van der Waals surface area contributed by atoms with Gasteiger partial charge in [-0.15, -0.1) is 0 Å². The van der Waals surface area contributed by atoms with Crippen LogP contribution < -0.4 is 0 Å². The first-order chi connectivity index (χ1) is 7.06. The molecule has 78 valence electrons. The van der Waals surface area contributed by atoms with Crippen molar-refractivity contribution < 1.29 is 5.11 Å². The van der Waals surface area contributed by atoms with Gasteiger partial charge in [-0.25, -0.2) is 0 Å². The zero-order valence-corrected chi connectivity index (χ0v) is 9.07. The van der Waals surface area contributed by atoms with Gasteiger partial charge in [-0.3, -0.25) is 0 Å². The topological polar surface area (TPSA) is 44.0 Å². The fourth-order valence-electron chi connectivity index (χ4n) is 1.33. The standard InChI is InChI=1S/C13H15NO/c1-9(2)11-4-6-12(7-5-11)13(15)10(3)8-14/h4-7,9,13,15H,3H2,1-2H3/t13-/m1/s1. The van der Waals surface area contributed by atoms with Crippen molar-refractivity contribution in [1.82, 2.24) is 0 Å². The van der Waals surface area contributed by atoms with Crippen molar-refractivity contribution in [2.45, 2.75) is 25.9 Å². The molecule has 0 saturated carbocycles. The Kier molecular flexibility index (Phi) is 3.65. The Bertz CT molecular complexity index is 384. The van der Waals surface area contributed by atoms with Crippen LogP contribution in [-0.2, 0) is 0 Å². The van der Waals surface area contributed by atoms with Gasteiger partial charge in [-0.1, -0.05) is 44.7 Å². The molecule has 0 heterocycles. The number of hydrogen-bond donors (Lipinski definition) is 1. The van der Waals surface area contributed by atoms with E-state index in [-0.39, 0.29) is 5.57 Å². The normalized spacial score (nSPS) is 12.2. The number of aliphatic hydroxyl groups excluding tert-OH is 1. The molecule has 0 unspecified atom stereocenters. The molecular weight excluding hydrogens is 186 g/mol. The molecule has 2 nitrogen and oxygen atoms in total. The Hall–Kier alpha value is -1.59. The largest absolute Gasteiger partial charge is 0.383 e. The number of rotatable bonds is 3. The SMILES string of the molecule is C=C(C#N)[C@@H](O)c1ccc(C(C)C)cc1. The lowest BCUT2D eigenvalue weighted by atomic mass is 9.98. The summed E-state index contributed by atoms with van der Waals surface area (Å²) in [6.07, 6.45) is -0.879. The number of benzene rings is 1. The summed E-state index contributed by atoms with van der Waals surface area (Å²) >= 11 is 0. The van der Waals surface area contributed by atoms with E-state index < -0.39 is 6.10 Å². The molecule has 0 radical (unpaired) electrons. The van der Waals surface area contributed by atoms with E-state index in [4.69, 9.17) is 5.26 Å². The van der Waals surface area contributed by atoms with Crippen LogP contribution >= 0.6 is 0 Å². The van der Waals surface area contributed by atoms with E-state index in [1.807, 2.05) is 30.3 Å². The van der Waals surface area contributed by atoms with E-state index in [0.29, 0.717) is 11.5 Å². The molecular formula is C13H15NO. The highest BCUT2D eigenvalue weighted by atomic mass is 16.3. The van der Waals surface area contributed by atoms with Crippen molar-refractivity contribution in [2.24, 2.45) is 0 Å². The predicted molar refractivity (Wildman–Crippen MR) is 60.2 cm³/mol. The quantitative estimate of drug-likeness (QED) is 0.764. The van der Waals surface area contributed by atoms with Crippen molar-refractivity contribution in [2.75, 3.05) is 0 Å². The molecule has 0 aliphatic carbocycles. The third-order valence-electron chi connectivity index (χ3n) is 2.39. The minimum Gasteiger partial charge on any atom is -0.383 e. The zero-order chi connectivity index (χ0) is 11.4. The first kappa shape index (κ1) is 11.5. The Morgan fingerprint density at radius 3 is 2.13 bits per heavy atom. The molecule has 0 aliphatic rings. The summed E-state index contributed by atoms with van der Waals surface area (Å²) in [4.78, 5) is 0. The third kappa shape index (κ3) is 2.68. The van der Waals surface area contributed by atoms with Gasteiger partial charge in [-0.2, -0.15) is 5.26 Å². The average molecular weight is 201 g/mol. The van der Waals surface area contributed by atoms with Crippen LogP contribution in [0.1, 0.15) is 37.0 Å². The first-order valence-corrected chi connectivity index (χ1v) is 4.93. The van der Waals surface area contributed by atoms with Gasteiger partial charge in [0.25, 0.3) is 0 Å². The highest BCUT2D eigenvalue weighted by molar-refractivity contribution is 5.34. The fourth-order valence-corrected chi connectivity index (χ4v) is 1.33. The third-order valence-corrected chi connectivity index (χ3v) is 2.39. The van der Waals surface area contributed by atoms with E-state index in [1.54, 1.807) is 0 Å². The summed E-state index contributed by atoms with van der Waals surface area (Å²) in [5, 5.41) is 18.3. The second-order valence-electron chi connectivity index (χ2n) is 3.86. The van der Waals surface area contributed by atoms with Gasteiger partial charge in [0.2, 0.25) is 0 Å². The molecule has 1 atom stereocenters. The smallest absolute Gasteiger partial charge is 0.113 e. The van der Waals surface area contributed by atoms with E-state index in [0.717, 1.165) is 0 Å². The predicted octanol–water partition coefficient (Wildman–Crippen LogP) is 2.92. The van der Waals surface area contributed by atoms with Gasteiger partial charge in [0, 0.05) is 0 Å². The maximum Gasteiger partial charge on any atom is 0.113 e. The summed E-state index contributed by atoms with van der Waals surface area (Å²) in [7, 11) is 0. The van der Waals surface area contributed by atoms with Crippen LogP contribution in [0.4, 0.5) is 0 Å². The van der Waals surface area contributed by atoms with Crippen molar-refractivity contribution in [3.05, 3.63) is 47.5 Å². The van der Waals surface area contributed by atoms with Crippen molar-refractivity contribution in [3.8, 4) is 6.07 Å². The molecule has 0 saturated heterocycles. The molecule has 0 fully saturated rings. The van der Waals surface area contributed by atoms with Gasteiger partial charge in [0.15, 0.2) is 0 Å². The molecule has 0 aliphatic heterocycles. The van der Waals surface area contributed by atoms with Crippen LogP contribution in [-0.4, -0.2) is 5.11 Å². The summed E-state index contributed by atoms with van der Waals surface area (Å²) in [5.74, 6) is 0.468. The zero-order valence-electron chi connectivity index (χ0n) is 9.07. The van der Waals surface area contributed by atoms with Crippen LogP contribution in [0.2, 0.25) is 0 Å². The molecule has 0 amide bonds. The maximum atomic E-state index is 9.70. The van der Waals surface area contributed by atoms with E-state index in [1.165, 1.54) is 5.56 Å². The molecule has 0 bridgehead atoms. The van der Waals surface area contributed by atoms with Crippen molar-refractivity contribution >= 4 is 0 Å². The number of hydrogen-bond acceptors (Lipinski definition) is 2. The Balaban J connectivity index is 2.90. The van der Waals surface area contributed by atoms with Gasteiger partial charge >= 0.3 is 0 Å². The Morgan fingerprint density at radius 1 is 1.27 bits per heavy atom. The molecule has 0 aromatic heterocycles. The van der Waals surface area contributed by atoms with Crippen LogP contribution in [0, 0.1) is 11.3 Å². The lowest BCUT2D eigenvalue weighted by Crippen LogP contribution is -1.99. The molecule has 1 aromatic carbocycles. The minimum absolute atomic E-state index is 0.173. The van der Waals surface area contributed by atoms with Gasteiger partial charge in [0.1, 0.15) is 6.10 Å². The summed E-state index contributed by atoms with van der Waals surface area (Å²) < 4.78 is 0. The lowest BCUT2D eigenvalue weighted by molar-refractivity contribution is 0.221. The van der Waals surface area contributed by atoms with E-state index >= 15 is 0 Å². The number of nitriles is 1. The number of aliphatic hydroxyl groups is 1. The highest BCUT2D eigenvalue weighted by Gasteiger charge is 2.10. The maximum absolute atomic E-state index is 9.70. The Labute approximate surface area is 90.5 Å². The minimum atomic E-state index is -0.879. The highest BCUT2D eigenvalue weighted by Crippen LogP contribution is 2.22. The molecule has 1 aromatic rings. The summed E-state index contributed by atoms with van der Waals surface area (Å²) in [5.41, 5.74) is 2.10. The second kappa shape index (κ2) is 4.77. The first-order valence-electron chi connectivity index (χ1n) is 4.93. The molecule has 2 heteroatoms.